The van der Waals surface area contributed by atoms with Gasteiger partial charge >= 0.3 is 6.09 Å². The fraction of sp³-hybridized carbons (Fsp3) is 0.364. The van der Waals surface area contributed by atoms with Crippen molar-refractivity contribution in [3.8, 4) is 0 Å². The number of benzene rings is 1. The lowest BCUT2D eigenvalue weighted by Crippen LogP contribution is -2.13. The van der Waals surface area contributed by atoms with E-state index in [4.69, 9.17) is 0 Å². The highest BCUT2D eigenvalue weighted by Gasteiger charge is 2.11. The quantitative estimate of drug-likeness (QED) is 0.803. The molecule has 0 aromatic heterocycles. The summed E-state index contributed by atoms with van der Waals surface area (Å²) in [5, 5.41) is 2.15. The van der Waals surface area contributed by atoms with Crippen LogP contribution in [0, 0.1) is 18.6 Å². The first-order valence-corrected chi connectivity index (χ1v) is 4.85. The molecule has 0 aliphatic heterocycles. The molecule has 1 amide bonds. The summed E-state index contributed by atoms with van der Waals surface area (Å²) in [4.78, 5) is 10.8. The van der Waals surface area contributed by atoms with Crippen LogP contribution in [0.15, 0.2) is 12.1 Å². The standard InChI is InChI=1S/C9H9F2NO2.C2H6/c1-5-3-6(10)4-7(11)8(5)12-9(13)14-2;1-2/h3-4H,1-2H3,(H,12,13);1-2H3. The van der Waals surface area contributed by atoms with Crippen LogP contribution in [0.1, 0.15) is 19.4 Å². The van der Waals surface area contributed by atoms with Crippen LogP contribution in [0.3, 0.4) is 0 Å². The second-order valence-electron chi connectivity index (χ2n) is 2.70. The first-order valence-electron chi connectivity index (χ1n) is 4.85. The average Bonchev–Trinajstić information content (AvgIpc) is 2.25. The van der Waals surface area contributed by atoms with E-state index in [1.165, 1.54) is 6.92 Å². The summed E-state index contributed by atoms with van der Waals surface area (Å²) in [5.41, 5.74) is 0.228. The van der Waals surface area contributed by atoms with E-state index in [-0.39, 0.29) is 5.69 Å². The third kappa shape index (κ3) is 3.84. The van der Waals surface area contributed by atoms with Crippen molar-refractivity contribution in [1.82, 2.24) is 0 Å². The van der Waals surface area contributed by atoms with Gasteiger partial charge in [0.05, 0.1) is 12.8 Å². The van der Waals surface area contributed by atoms with Crippen LogP contribution in [-0.2, 0) is 4.74 Å². The molecule has 0 bridgehead atoms. The third-order valence-corrected chi connectivity index (χ3v) is 1.66. The van der Waals surface area contributed by atoms with Gasteiger partial charge in [-0.3, -0.25) is 5.32 Å². The average molecular weight is 231 g/mol. The van der Waals surface area contributed by atoms with Gasteiger partial charge in [-0.15, -0.1) is 0 Å². The molecule has 0 aliphatic rings. The first kappa shape index (κ1) is 14.3. The molecule has 1 aromatic rings. The van der Waals surface area contributed by atoms with E-state index < -0.39 is 17.7 Å². The minimum atomic E-state index is -0.826. The van der Waals surface area contributed by atoms with Crippen LogP contribution >= 0.6 is 0 Å². The monoisotopic (exact) mass is 231 g/mol. The van der Waals surface area contributed by atoms with E-state index in [2.05, 4.69) is 10.1 Å². The molecule has 0 saturated heterocycles. The number of methoxy groups -OCH3 is 1. The van der Waals surface area contributed by atoms with Gasteiger partial charge < -0.3 is 4.74 Å². The molecule has 0 radical (unpaired) electrons. The Morgan fingerprint density at radius 2 is 1.88 bits per heavy atom. The Bertz CT molecular complexity index is 344. The van der Waals surface area contributed by atoms with Crippen LogP contribution in [0.5, 0.6) is 0 Å². The second kappa shape index (κ2) is 6.76. The number of amides is 1. The summed E-state index contributed by atoms with van der Waals surface area (Å²) in [6.45, 7) is 5.48. The van der Waals surface area contributed by atoms with Crippen molar-refractivity contribution in [2.75, 3.05) is 12.4 Å². The number of halogens is 2. The van der Waals surface area contributed by atoms with E-state index in [1.807, 2.05) is 13.8 Å². The van der Waals surface area contributed by atoms with E-state index in [0.717, 1.165) is 13.2 Å². The van der Waals surface area contributed by atoms with Crippen molar-refractivity contribution < 1.29 is 18.3 Å². The summed E-state index contributed by atoms with van der Waals surface area (Å²) in [6, 6.07) is 1.81. The van der Waals surface area contributed by atoms with Gasteiger partial charge in [0.1, 0.15) is 11.6 Å². The normalized spacial score (nSPS) is 8.88. The molecule has 0 fully saturated rings. The number of hydrogen-bond donors (Lipinski definition) is 1. The summed E-state index contributed by atoms with van der Waals surface area (Å²) in [6.07, 6.45) is -0.793. The Balaban J connectivity index is 0.00000106. The SMILES string of the molecule is CC.COC(=O)Nc1c(C)cc(F)cc1F. The van der Waals surface area contributed by atoms with Crippen molar-refractivity contribution >= 4 is 11.8 Å². The maximum absolute atomic E-state index is 13.1. The van der Waals surface area contributed by atoms with Gasteiger partial charge in [0.15, 0.2) is 0 Å². The predicted molar refractivity (Wildman–Crippen MR) is 58.5 cm³/mol. The number of carbonyl (C=O) groups excluding carboxylic acids is 1. The number of anilines is 1. The smallest absolute Gasteiger partial charge is 0.411 e. The fourth-order valence-corrected chi connectivity index (χ4v) is 1.01. The molecule has 3 nitrogen and oxygen atoms in total. The van der Waals surface area contributed by atoms with Gasteiger partial charge in [-0.25, -0.2) is 13.6 Å². The summed E-state index contributed by atoms with van der Waals surface area (Å²) in [5.74, 6) is -1.51. The highest BCUT2D eigenvalue weighted by atomic mass is 19.1. The third-order valence-electron chi connectivity index (χ3n) is 1.66. The summed E-state index contributed by atoms with van der Waals surface area (Å²) >= 11 is 0. The number of rotatable bonds is 1. The molecule has 0 saturated carbocycles. The number of carbonyl (C=O) groups is 1. The lowest BCUT2D eigenvalue weighted by Gasteiger charge is -2.08. The zero-order valence-electron chi connectivity index (χ0n) is 9.73. The summed E-state index contributed by atoms with van der Waals surface area (Å²) in [7, 11) is 1.16. The molecule has 0 heterocycles. The van der Waals surface area contributed by atoms with E-state index in [0.29, 0.717) is 11.6 Å². The zero-order chi connectivity index (χ0) is 12.7. The van der Waals surface area contributed by atoms with Crippen LogP contribution in [0.2, 0.25) is 0 Å². The molecule has 90 valence electrons. The van der Waals surface area contributed by atoms with Crippen LogP contribution in [0.25, 0.3) is 0 Å². The Hall–Kier alpha value is -1.65. The van der Waals surface area contributed by atoms with Gasteiger partial charge in [0, 0.05) is 6.07 Å². The highest BCUT2D eigenvalue weighted by molar-refractivity contribution is 5.85. The number of aryl methyl sites for hydroxylation is 1. The van der Waals surface area contributed by atoms with Gasteiger partial charge in [0.25, 0.3) is 0 Å². The lowest BCUT2D eigenvalue weighted by molar-refractivity contribution is 0.186. The lowest BCUT2D eigenvalue weighted by atomic mass is 10.2. The molecule has 1 aromatic carbocycles. The number of ether oxygens (including phenoxy) is 1. The van der Waals surface area contributed by atoms with Crippen LogP contribution in [-0.4, -0.2) is 13.2 Å². The Morgan fingerprint density at radius 1 is 1.31 bits per heavy atom. The maximum atomic E-state index is 13.1. The maximum Gasteiger partial charge on any atom is 0.411 e. The van der Waals surface area contributed by atoms with Crippen LogP contribution in [0.4, 0.5) is 19.3 Å². The minimum Gasteiger partial charge on any atom is -0.453 e. The zero-order valence-corrected chi connectivity index (χ0v) is 9.73. The molecule has 0 unspecified atom stereocenters. The van der Waals surface area contributed by atoms with Crippen molar-refractivity contribution in [1.29, 1.82) is 0 Å². The van der Waals surface area contributed by atoms with Crippen molar-refractivity contribution in [2.24, 2.45) is 0 Å². The van der Waals surface area contributed by atoms with E-state index >= 15 is 0 Å². The number of nitrogens with one attached hydrogen (secondary N) is 1. The van der Waals surface area contributed by atoms with Gasteiger partial charge in [-0.1, -0.05) is 13.8 Å². The van der Waals surface area contributed by atoms with Crippen molar-refractivity contribution in [3.05, 3.63) is 29.3 Å². The minimum absolute atomic E-state index is 0.0711. The second-order valence-corrected chi connectivity index (χ2v) is 2.70. The largest absolute Gasteiger partial charge is 0.453 e. The first-order chi connectivity index (χ1) is 7.54. The van der Waals surface area contributed by atoms with Gasteiger partial charge in [0.2, 0.25) is 0 Å². The molecule has 0 aliphatic carbocycles. The number of hydrogen-bond acceptors (Lipinski definition) is 2. The van der Waals surface area contributed by atoms with Gasteiger partial charge in [-0.05, 0) is 18.6 Å². The van der Waals surface area contributed by atoms with Gasteiger partial charge in [-0.2, -0.15) is 0 Å². The Labute approximate surface area is 93.4 Å². The molecule has 0 atom stereocenters. The van der Waals surface area contributed by atoms with E-state index in [9.17, 15) is 13.6 Å². The van der Waals surface area contributed by atoms with E-state index in [1.54, 1.807) is 0 Å². The molecule has 1 rings (SSSR count). The van der Waals surface area contributed by atoms with Crippen LogP contribution < -0.4 is 5.32 Å². The molecule has 1 N–H and O–H groups in total. The Kier molecular flexibility index (Phi) is 6.07. The Morgan fingerprint density at radius 3 is 2.31 bits per heavy atom. The topological polar surface area (TPSA) is 38.3 Å². The molecule has 5 heteroatoms. The summed E-state index contributed by atoms with van der Waals surface area (Å²) < 4.78 is 30.0. The molecular weight excluding hydrogens is 216 g/mol. The fourth-order valence-electron chi connectivity index (χ4n) is 1.01. The highest BCUT2D eigenvalue weighted by Crippen LogP contribution is 2.20. The van der Waals surface area contributed by atoms with Crippen molar-refractivity contribution in [2.45, 2.75) is 20.8 Å². The predicted octanol–water partition coefficient (Wildman–Crippen LogP) is 3.48. The molecule has 16 heavy (non-hydrogen) atoms. The molecular formula is C11H15F2NO2. The molecule has 0 spiro atoms. The van der Waals surface area contributed by atoms with Crippen molar-refractivity contribution in [3.63, 3.8) is 0 Å².